The van der Waals surface area contributed by atoms with Crippen LogP contribution in [0.25, 0.3) is 0 Å². The lowest BCUT2D eigenvalue weighted by Gasteiger charge is -2.19. The second kappa shape index (κ2) is 6.54. The molecule has 1 aromatic rings. The minimum atomic E-state index is -3.68. The van der Waals surface area contributed by atoms with Crippen molar-refractivity contribution in [3.63, 3.8) is 0 Å². The number of benzene rings is 1. The highest BCUT2D eigenvalue weighted by Gasteiger charge is 2.42. The first-order valence-electron chi connectivity index (χ1n) is 6.39. The van der Waals surface area contributed by atoms with Gasteiger partial charge in [-0.2, -0.15) is 0 Å². The molecule has 5 nitrogen and oxygen atoms in total. The van der Waals surface area contributed by atoms with Gasteiger partial charge >= 0.3 is 5.97 Å². The van der Waals surface area contributed by atoms with Gasteiger partial charge < -0.3 is 4.74 Å². The minimum Gasteiger partial charge on any atom is -0.469 e. The van der Waals surface area contributed by atoms with Crippen LogP contribution in [0.15, 0.2) is 22.7 Å². The Labute approximate surface area is 137 Å². The number of carbonyl (C=O) groups excluding carboxylic acids is 1. The molecule has 8 heteroatoms. The Hall–Kier alpha value is -0.790. The molecule has 1 aromatic carbocycles. The van der Waals surface area contributed by atoms with Crippen LogP contribution in [0.1, 0.15) is 19.3 Å². The molecule has 116 valence electrons. The number of anilines is 1. The largest absolute Gasteiger partial charge is 0.469 e. The van der Waals surface area contributed by atoms with Gasteiger partial charge in [-0.25, -0.2) is 8.42 Å². The summed E-state index contributed by atoms with van der Waals surface area (Å²) in [6.45, 7) is 0. The molecule has 0 bridgehead atoms. The molecule has 1 saturated carbocycles. The summed E-state index contributed by atoms with van der Waals surface area (Å²) in [7, 11) is -2.41. The number of rotatable bonds is 4. The van der Waals surface area contributed by atoms with Gasteiger partial charge in [0.05, 0.1) is 24.0 Å². The molecule has 1 aliphatic rings. The van der Waals surface area contributed by atoms with E-state index in [-0.39, 0.29) is 0 Å². The summed E-state index contributed by atoms with van der Waals surface area (Å²) in [5, 5.41) is -0.273. The summed E-state index contributed by atoms with van der Waals surface area (Å²) in [5.41, 5.74) is 0.398. The first-order valence-corrected chi connectivity index (χ1v) is 9.11. The van der Waals surface area contributed by atoms with Gasteiger partial charge in [0.15, 0.2) is 0 Å². The van der Waals surface area contributed by atoms with Crippen molar-refractivity contribution in [1.82, 2.24) is 0 Å². The van der Waals surface area contributed by atoms with Crippen LogP contribution >= 0.6 is 27.5 Å². The second-order valence-corrected chi connectivity index (χ2v) is 8.06. The van der Waals surface area contributed by atoms with Crippen LogP contribution in [-0.4, -0.2) is 26.7 Å². The van der Waals surface area contributed by atoms with Crippen LogP contribution in [0.3, 0.4) is 0 Å². The first-order chi connectivity index (χ1) is 9.85. The van der Waals surface area contributed by atoms with Crippen LogP contribution < -0.4 is 4.72 Å². The number of halogens is 2. The van der Waals surface area contributed by atoms with Crippen molar-refractivity contribution < 1.29 is 17.9 Å². The number of esters is 1. The van der Waals surface area contributed by atoms with E-state index in [2.05, 4.69) is 20.7 Å². The highest BCUT2D eigenvalue weighted by molar-refractivity contribution is 9.10. The lowest BCUT2D eigenvalue weighted by atomic mass is 10.1. The molecule has 1 fully saturated rings. The molecule has 0 spiro atoms. The SMILES string of the molecule is COC(=O)C1CCCC1S(=O)(=O)Nc1ccc(Cl)cc1Br. The van der Waals surface area contributed by atoms with Crippen molar-refractivity contribution in [2.24, 2.45) is 5.92 Å². The summed E-state index contributed by atoms with van der Waals surface area (Å²) in [5.74, 6) is -1.09. The molecular weight excluding hydrogens is 382 g/mol. The van der Waals surface area contributed by atoms with Crippen LogP contribution in [0.4, 0.5) is 5.69 Å². The topological polar surface area (TPSA) is 72.5 Å². The Morgan fingerprint density at radius 3 is 2.76 bits per heavy atom. The van der Waals surface area contributed by atoms with Gasteiger partial charge in [-0.3, -0.25) is 9.52 Å². The van der Waals surface area contributed by atoms with Crippen LogP contribution in [0.5, 0.6) is 0 Å². The normalized spacial score (nSPS) is 22.0. The maximum Gasteiger partial charge on any atom is 0.310 e. The quantitative estimate of drug-likeness (QED) is 0.793. The van der Waals surface area contributed by atoms with Gasteiger partial charge in [0.25, 0.3) is 0 Å². The third-order valence-corrected chi connectivity index (χ3v) is 6.30. The Bertz CT molecular complexity index is 650. The van der Waals surface area contributed by atoms with E-state index in [0.29, 0.717) is 34.4 Å². The smallest absolute Gasteiger partial charge is 0.310 e. The maximum absolute atomic E-state index is 12.5. The lowest BCUT2D eigenvalue weighted by Crippen LogP contribution is -2.35. The van der Waals surface area contributed by atoms with Gasteiger partial charge in [-0.1, -0.05) is 18.0 Å². The zero-order valence-corrected chi connectivity index (χ0v) is 14.5. The number of hydrogen-bond donors (Lipinski definition) is 1. The average molecular weight is 397 g/mol. The Kier molecular flexibility index (Phi) is 5.16. The number of ether oxygens (including phenoxy) is 1. The van der Waals surface area contributed by atoms with Crippen molar-refractivity contribution >= 4 is 49.2 Å². The van der Waals surface area contributed by atoms with Gasteiger partial charge in [0.2, 0.25) is 10.0 Å². The summed E-state index contributed by atoms with van der Waals surface area (Å²) < 4.78 is 32.8. The number of hydrogen-bond acceptors (Lipinski definition) is 4. The highest BCUT2D eigenvalue weighted by atomic mass is 79.9. The van der Waals surface area contributed by atoms with Gasteiger partial charge in [0.1, 0.15) is 0 Å². The molecule has 2 unspecified atom stereocenters. The number of methoxy groups -OCH3 is 1. The molecule has 1 aliphatic carbocycles. The van der Waals surface area contributed by atoms with E-state index in [4.69, 9.17) is 16.3 Å². The Morgan fingerprint density at radius 2 is 2.14 bits per heavy atom. The summed E-state index contributed by atoms with van der Waals surface area (Å²) in [4.78, 5) is 11.7. The molecule has 1 N–H and O–H groups in total. The molecule has 2 rings (SSSR count). The van der Waals surface area contributed by atoms with Crippen LogP contribution in [-0.2, 0) is 19.6 Å². The molecule has 0 amide bonds. The molecule has 0 saturated heterocycles. The van der Waals surface area contributed by atoms with E-state index in [1.54, 1.807) is 18.2 Å². The van der Waals surface area contributed by atoms with Crippen molar-refractivity contribution in [3.05, 3.63) is 27.7 Å². The van der Waals surface area contributed by atoms with Gasteiger partial charge in [0, 0.05) is 9.50 Å². The zero-order chi connectivity index (χ0) is 15.6. The predicted molar refractivity (Wildman–Crippen MR) is 84.8 cm³/mol. The molecule has 2 atom stereocenters. The standard InChI is InChI=1S/C13H15BrClNO4S/c1-20-13(17)9-3-2-4-12(9)21(18,19)16-11-6-5-8(15)7-10(11)14/h5-7,9,12,16H,2-4H2,1H3. The molecule has 0 aromatic heterocycles. The van der Waals surface area contributed by atoms with E-state index in [1.807, 2.05) is 0 Å². The van der Waals surface area contributed by atoms with Crippen LogP contribution in [0, 0.1) is 5.92 Å². The summed E-state index contributed by atoms with van der Waals surface area (Å²) in [6.07, 6.45) is 1.66. The fourth-order valence-corrected chi connectivity index (χ4v) is 5.23. The fraction of sp³-hybridized carbons (Fsp3) is 0.462. The fourth-order valence-electron chi connectivity index (χ4n) is 2.52. The van der Waals surface area contributed by atoms with Crippen LogP contribution in [0.2, 0.25) is 5.02 Å². The molecule has 0 radical (unpaired) electrons. The monoisotopic (exact) mass is 395 g/mol. The lowest BCUT2D eigenvalue weighted by molar-refractivity contribution is -0.145. The molecular formula is C13H15BrClNO4S. The van der Waals surface area contributed by atoms with E-state index >= 15 is 0 Å². The van der Waals surface area contributed by atoms with Crippen molar-refractivity contribution in [2.45, 2.75) is 24.5 Å². The first kappa shape index (κ1) is 16.6. The van der Waals surface area contributed by atoms with Crippen molar-refractivity contribution in [1.29, 1.82) is 0 Å². The molecule has 21 heavy (non-hydrogen) atoms. The summed E-state index contributed by atoms with van der Waals surface area (Å²) in [6, 6.07) is 4.77. The zero-order valence-electron chi connectivity index (χ0n) is 11.3. The van der Waals surface area contributed by atoms with Crippen molar-refractivity contribution in [2.75, 3.05) is 11.8 Å². The van der Waals surface area contributed by atoms with E-state index in [9.17, 15) is 13.2 Å². The minimum absolute atomic E-state index is 0.398. The second-order valence-electron chi connectivity index (χ2n) is 4.87. The Morgan fingerprint density at radius 1 is 1.43 bits per heavy atom. The number of nitrogens with one attached hydrogen (secondary N) is 1. The average Bonchev–Trinajstić information content (AvgIpc) is 2.91. The van der Waals surface area contributed by atoms with E-state index in [1.165, 1.54) is 7.11 Å². The predicted octanol–water partition coefficient (Wildman–Crippen LogP) is 3.19. The van der Waals surface area contributed by atoms with E-state index < -0.39 is 27.2 Å². The van der Waals surface area contributed by atoms with Gasteiger partial charge in [-0.15, -0.1) is 0 Å². The number of carbonyl (C=O) groups is 1. The van der Waals surface area contributed by atoms with Crippen molar-refractivity contribution in [3.8, 4) is 0 Å². The van der Waals surface area contributed by atoms with Gasteiger partial charge in [-0.05, 0) is 47.0 Å². The molecule has 0 aliphatic heterocycles. The van der Waals surface area contributed by atoms with E-state index in [0.717, 1.165) is 0 Å². The highest BCUT2D eigenvalue weighted by Crippen LogP contribution is 2.34. The molecule has 0 heterocycles. The summed E-state index contributed by atoms with van der Waals surface area (Å²) >= 11 is 9.09. The number of sulfonamides is 1. The Balaban J connectivity index is 2.23. The third kappa shape index (κ3) is 3.70. The maximum atomic E-state index is 12.5. The third-order valence-electron chi connectivity index (χ3n) is 3.54.